The highest BCUT2D eigenvalue weighted by Gasteiger charge is 2.24. The number of amides is 1. The lowest BCUT2D eigenvalue weighted by molar-refractivity contribution is -0.128. The second-order valence-electron chi connectivity index (χ2n) is 6.25. The van der Waals surface area contributed by atoms with E-state index >= 15 is 0 Å². The summed E-state index contributed by atoms with van der Waals surface area (Å²) in [7, 11) is 0. The van der Waals surface area contributed by atoms with Crippen LogP contribution in [0.25, 0.3) is 0 Å². The van der Waals surface area contributed by atoms with Gasteiger partial charge < -0.3 is 10.1 Å². The molecule has 1 N–H and O–H groups in total. The summed E-state index contributed by atoms with van der Waals surface area (Å²) in [4.78, 5) is 12.3. The molecule has 0 aliphatic rings. The average molecular weight is 315 g/mol. The highest BCUT2D eigenvalue weighted by Crippen LogP contribution is 2.15. The van der Waals surface area contributed by atoms with E-state index in [0.29, 0.717) is 5.75 Å². The molecule has 2 aromatic rings. The van der Waals surface area contributed by atoms with Crippen LogP contribution in [0.3, 0.4) is 0 Å². The third kappa shape index (κ3) is 5.40. The van der Waals surface area contributed by atoms with Crippen LogP contribution in [0.2, 0.25) is 0 Å². The Balaban J connectivity index is 1.92. The van der Waals surface area contributed by atoms with Crippen LogP contribution in [0.5, 0.6) is 5.75 Å². The standard InChI is InChI=1S/C19H22FNO2/c1-14(23-17-11-9-16(20)10-12-17)18(22)21-19(2,3)13-15-7-5-4-6-8-15/h4-12,14H,13H2,1-3H3,(H,21,22). The zero-order valence-electron chi connectivity index (χ0n) is 13.7. The number of nitrogens with one attached hydrogen (secondary N) is 1. The highest BCUT2D eigenvalue weighted by molar-refractivity contribution is 5.81. The minimum Gasteiger partial charge on any atom is -0.481 e. The Labute approximate surface area is 136 Å². The van der Waals surface area contributed by atoms with Gasteiger partial charge >= 0.3 is 0 Å². The number of hydrogen-bond donors (Lipinski definition) is 1. The fourth-order valence-corrected chi connectivity index (χ4v) is 2.36. The maximum Gasteiger partial charge on any atom is 0.261 e. The molecule has 0 radical (unpaired) electrons. The van der Waals surface area contributed by atoms with Gasteiger partial charge in [0.25, 0.3) is 5.91 Å². The third-order valence-corrected chi connectivity index (χ3v) is 3.45. The Hall–Kier alpha value is -2.36. The predicted molar refractivity (Wildman–Crippen MR) is 88.9 cm³/mol. The molecular weight excluding hydrogens is 293 g/mol. The van der Waals surface area contributed by atoms with Gasteiger partial charge in [-0.3, -0.25) is 4.79 Å². The van der Waals surface area contributed by atoms with Crippen LogP contribution >= 0.6 is 0 Å². The average Bonchev–Trinajstić information content (AvgIpc) is 2.49. The first-order valence-corrected chi connectivity index (χ1v) is 7.64. The van der Waals surface area contributed by atoms with Crippen molar-refractivity contribution in [3.63, 3.8) is 0 Å². The van der Waals surface area contributed by atoms with Crippen LogP contribution in [0.1, 0.15) is 26.3 Å². The molecule has 1 unspecified atom stereocenters. The van der Waals surface area contributed by atoms with Crippen LogP contribution < -0.4 is 10.1 Å². The van der Waals surface area contributed by atoms with Crippen molar-refractivity contribution in [3.05, 3.63) is 66.0 Å². The molecule has 0 spiro atoms. The van der Waals surface area contributed by atoms with Crippen molar-refractivity contribution in [1.29, 1.82) is 0 Å². The number of halogens is 1. The Morgan fingerprint density at radius 1 is 1.13 bits per heavy atom. The molecule has 0 saturated carbocycles. The number of carbonyl (C=O) groups is 1. The monoisotopic (exact) mass is 315 g/mol. The highest BCUT2D eigenvalue weighted by atomic mass is 19.1. The first-order chi connectivity index (χ1) is 10.9. The van der Waals surface area contributed by atoms with Crippen molar-refractivity contribution in [2.24, 2.45) is 0 Å². The molecule has 2 aromatic carbocycles. The summed E-state index contributed by atoms with van der Waals surface area (Å²) in [6, 6.07) is 15.6. The molecule has 4 heteroatoms. The van der Waals surface area contributed by atoms with Crippen molar-refractivity contribution in [2.75, 3.05) is 0 Å². The molecule has 23 heavy (non-hydrogen) atoms. The largest absolute Gasteiger partial charge is 0.481 e. The summed E-state index contributed by atoms with van der Waals surface area (Å²) < 4.78 is 18.4. The van der Waals surface area contributed by atoms with E-state index < -0.39 is 11.6 Å². The van der Waals surface area contributed by atoms with Crippen LogP contribution in [-0.2, 0) is 11.2 Å². The van der Waals surface area contributed by atoms with Crippen LogP contribution in [0.15, 0.2) is 54.6 Å². The Kier molecular flexibility index (Phi) is 5.37. The Morgan fingerprint density at radius 2 is 1.74 bits per heavy atom. The second-order valence-corrected chi connectivity index (χ2v) is 6.25. The zero-order valence-corrected chi connectivity index (χ0v) is 13.7. The minimum atomic E-state index is -0.657. The number of ether oxygens (including phenoxy) is 1. The molecule has 0 heterocycles. The Bertz CT molecular complexity index is 638. The smallest absolute Gasteiger partial charge is 0.261 e. The second kappa shape index (κ2) is 7.27. The molecule has 2 rings (SSSR count). The van der Waals surface area contributed by atoms with Crippen molar-refractivity contribution in [3.8, 4) is 5.75 Å². The van der Waals surface area contributed by atoms with E-state index in [2.05, 4.69) is 5.32 Å². The van der Waals surface area contributed by atoms with Crippen LogP contribution in [-0.4, -0.2) is 17.6 Å². The van der Waals surface area contributed by atoms with E-state index in [9.17, 15) is 9.18 Å². The number of benzene rings is 2. The SMILES string of the molecule is CC(Oc1ccc(F)cc1)C(=O)NC(C)(C)Cc1ccccc1. The topological polar surface area (TPSA) is 38.3 Å². The van der Waals surface area contributed by atoms with Crippen molar-refractivity contribution in [2.45, 2.75) is 38.8 Å². The van der Waals surface area contributed by atoms with Gasteiger partial charge in [-0.15, -0.1) is 0 Å². The summed E-state index contributed by atoms with van der Waals surface area (Å²) in [5.74, 6) is -0.0661. The quantitative estimate of drug-likeness (QED) is 0.882. The van der Waals surface area contributed by atoms with Gasteiger partial charge in [0.15, 0.2) is 6.10 Å². The van der Waals surface area contributed by atoms with E-state index in [1.165, 1.54) is 24.3 Å². The van der Waals surface area contributed by atoms with E-state index in [0.717, 1.165) is 12.0 Å². The van der Waals surface area contributed by atoms with E-state index in [1.807, 2.05) is 44.2 Å². The summed E-state index contributed by atoms with van der Waals surface area (Å²) in [6.07, 6.45) is 0.0681. The summed E-state index contributed by atoms with van der Waals surface area (Å²) in [5, 5.41) is 3.00. The fourth-order valence-electron chi connectivity index (χ4n) is 2.36. The first kappa shape index (κ1) is 17.0. The zero-order chi connectivity index (χ0) is 16.9. The van der Waals surface area contributed by atoms with Gasteiger partial charge in [0.05, 0.1) is 0 Å². The van der Waals surface area contributed by atoms with Crippen molar-refractivity contribution >= 4 is 5.91 Å². The van der Waals surface area contributed by atoms with Crippen molar-refractivity contribution in [1.82, 2.24) is 5.32 Å². The normalized spacial score (nSPS) is 12.5. The Morgan fingerprint density at radius 3 is 2.35 bits per heavy atom. The molecule has 0 fully saturated rings. The molecule has 122 valence electrons. The number of hydrogen-bond acceptors (Lipinski definition) is 2. The van der Waals surface area contributed by atoms with Gasteiger partial charge in [-0.2, -0.15) is 0 Å². The molecular formula is C19H22FNO2. The molecule has 1 atom stereocenters. The maximum atomic E-state index is 12.9. The first-order valence-electron chi connectivity index (χ1n) is 7.64. The lowest BCUT2D eigenvalue weighted by Crippen LogP contribution is -2.49. The summed E-state index contributed by atoms with van der Waals surface area (Å²) in [5.41, 5.74) is 0.767. The maximum absolute atomic E-state index is 12.9. The van der Waals surface area contributed by atoms with E-state index in [1.54, 1.807) is 6.92 Å². The van der Waals surface area contributed by atoms with Gasteiger partial charge in [0.1, 0.15) is 11.6 Å². The summed E-state index contributed by atoms with van der Waals surface area (Å²) >= 11 is 0. The van der Waals surface area contributed by atoms with E-state index in [-0.39, 0.29) is 11.7 Å². The predicted octanol–water partition coefficient (Wildman–Crippen LogP) is 3.73. The molecule has 0 saturated heterocycles. The lowest BCUT2D eigenvalue weighted by Gasteiger charge is -2.28. The molecule has 0 aliphatic carbocycles. The number of carbonyl (C=O) groups excluding carboxylic acids is 1. The van der Waals surface area contributed by atoms with Gasteiger partial charge in [0.2, 0.25) is 0 Å². The molecule has 0 bridgehead atoms. The minimum absolute atomic E-state index is 0.199. The molecule has 1 amide bonds. The van der Waals surface area contributed by atoms with E-state index in [4.69, 9.17) is 4.74 Å². The molecule has 0 aliphatic heterocycles. The number of rotatable bonds is 6. The van der Waals surface area contributed by atoms with Crippen molar-refractivity contribution < 1.29 is 13.9 Å². The third-order valence-electron chi connectivity index (χ3n) is 3.45. The lowest BCUT2D eigenvalue weighted by atomic mass is 9.94. The molecule has 0 aromatic heterocycles. The fraction of sp³-hybridized carbons (Fsp3) is 0.316. The van der Waals surface area contributed by atoms with Gasteiger partial charge in [-0.1, -0.05) is 30.3 Å². The summed E-state index contributed by atoms with van der Waals surface area (Å²) in [6.45, 7) is 5.63. The van der Waals surface area contributed by atoms with Gasteiger partial charge in [0, 0.05) is 5.54 Å². The van der Waals surface area contributed by atoms with Crippen LogP contribution in [0, 0.1) is 5.82 Å². The van der Waals surface area contributed by atoms with Crippen LogP contribution in [0.4, 0.5) is 4.39 Å². The van der Waals surface area contributed by atoms with Gasteiger partial charge in [-0.05, 0) is 57.0 Å². The molecule has 3 nitrogen and oxygen atoms in total. The van der Waals surface area contributed by atoms with Gasteiger partial charge in [-0.25, -0.2) is 4.39 Å².